The summed E-state index contributed by atoms with van der Waals surface area (Å²) in [6.07, 6.45) is 1.57. The zero-order valence-corrected chi connectivity index (χ0v) is 29.2. The van der Waals surface area contributed by atoms with Gasteiger partial charge in [-0.25, -0.2) is 4.98 Å². The second-order valence-corrected chi connectivity index (χ2v) is 20.2. The molecule has 5 rings (SSSR count). The van der Waals surface area contributed by atoms with Crippen molar-refractivity contribution in [2.24, 2.45) is 11.8 Å². The summed E-state index contributed by atoms with van der Waals surface area (Å²) in [5, 5.41) is 9.58. The van der Waals surface area contributed by atoms with Crippen molar-refractivity contribution in [2.75, 3.05) is 36.8 Å². The SMILES string of the molecule is CC1CCC(C(NC(=O)c2ccnn2CCC(F)(F)F)C(=O)Nc2cc3c(cn2)C2(CCOCC2)C(=O)N3COCC[Si](C)(C)C)CC1. The maximum absolute atomic E-state index is 13.9. The molecule has 1 atom stereocenters. The Bertz CT molecular complexity index is 1460. The van der Waals surface area contributed by atoms with E-state index in [1.807, 2.05) is 0 Å². The number of fused-ring (bicyclic) bond motifs is 2. The van der Waals surface area contributed by atoms with E-state index in [1.165, 1.54) is 12.3 Å². The number of rotatable bonds is 12. The van der Waals surface area contributed by atoms with E-state index >= 15 is 0 Å². The molecular weight excluding hydrogens is 645 g/mol. The minimum Gasteiger partial charge on any atom is -0.381 e. The van der Waals surface area contributed by atoms with Crippen LogP contribution in [-0.4, -0.2) is 79.3 Å². The predicted octanol–water partition coefficient (Wildman–Crippen LogP) is 5.50. The molecule has 2 aromatic heterocycles. The first kappa shape index (κ1) is 36.0. The van der Waals surface area contributed by atoms with Crippen LogP contribution in [0, 0.1) is 11.8 Å². The third-order valence-corrected chi connectivity index (χ3v) is 11.5. The molecule has 264 valence electrons. The first-order valence-electron chi connectivity index (χ1n) is 16.9. The number of ether oxygens (including phenoxy) is 2. The van der Waals surface area contributed by atoms with Crippen molar-refractivity contribution in [2.45, 2.75) is 102 Å². The summed E-state index contributed by atoms with van der Waals surface area (Å²) >= 11 is 0. The van der Waals surface area contributed by atoms with Crippen molar-refractivity contribution < 1.29 is 37.0 Å². The Morgan fingerprint density at radius 3 is 2.54 bits per heavy atom. The first-order chi connectivity index (χ1) is 22.7. The van der Waals surface area contributed by atoms with Gasteiger partial charge in [-0.15, -0.1) is 0 Å². The van der Waals surface area contributed by atoms with Crippen LogP contribution in [0.5, 0.6) is 0 Å². The average molecular weight is 693 g/mol. The number of hydrogen-bond acceptors (Lipinski definition) is 7. The number of alkyl halides is 3. The van der Waals surface area contributed by atoms with Gasteiger partial charge in [0.1, 0.15) is 24.3 Å². The predicted molar refractivity (Wildman–Crippen MR) is 176 cm³/mol. The second-order valence-electron chi connectivity index (χ2n) is 14.6. The molecule has 3 aliphatic rings. The number of halogens is 3. The first-order valence-corrected chi connectivity index (χ1v) is 20.6. The summed E-state index contributed by atoms with van der Waals surface area (Å²) in [5.41, 5.74) is 0.582. The number of anilines is 2. The largest absolute Gasteiger partial charge is 0.390 e. The van der Waals surface area contributed by atoms with Gasteiger partial charge in [0.05, 0.1) is 24.1 Å². The third kappa shape index (κ3) is 8.46. The minimum absolute atomic E-state index is 0.0538. The summed E-state index contributed by atoms with van der Waals surface area (Å²) in [7, 11) is -1.35. The van der Waals surface area contributed by atoms with E-state index in [4.69, 9.17) is 9.47 Å². The van der Waals surface area contributed by atoms with Gasteiger partial charge in [-0.05, 0) is 49.6 Å². The molecule has 1 saturated heterocycles. The van der Waals surface area contributed by atoms with Crippen LogP contribution in [0.25, 0.3) is 0 Å². The number of aromatic nitrogens is 3. The van der Waals surface area contributed by atoms with Crippen LogP contribution >= 0.6 is 0 Å². The monoisotopic (exact) mass is 692 g/mol. The van der Waals surface area contributed by atoms with Gasteiger partial charge in [0.25, 0.3) is 5.91 Å². The quantitative estimate of drug-likeness (QED) is 0.222. The molecule has 4 heterocycles. The zero-order chi connectivity index (χ0) is 34.7. The molecule has 0 radical (unpaired) electrons. The number of aryl methyl sites for hydroxylation is 1. The maximum Gasteiger partial charge on any atom is 0.390 e. The van der Waals surface area contributed by atoms with Crippen molar-refractivity contribution in [1.82, 2.24) is 20.1 Å². The molecule has 1 aliphatic carbocycles. The third-order valence-electron chi connectivity index (χ3n) is 9.81. The number of nitrogens with one attached hydrogen (secondary N) is 2. The molecule has 1 unspecified atom stereocenters. The Balaban J connectivity index is 1.37. The van der Waals surface area contributed by atoms with E-state index in [0.717, 1.165) is 29.1 Å². The van der Waals surface area contributed by atoms with Crippen LogP contribution in [-0.2, 0) is 31.0 Å². The van der Waals surface area contributed by atoms with Gasteiger partial charge < -0.3 is 20.1 Å². The van der Waals surface area contributed by atoms with Crippen LogP contribution in [0.1, 0.15) is 67.9 Å². The molecule has 2 fully saturated rings. The van der Waals surface area contributed by atoms with E-state index < -0.39 is 50.5 Å². The highest BCUT2D eigenvalue weighted by atomic mass is 28.3. The second kappa shape index (κ2) is 14.7. The van der Waals surface area contributed by atoms with Gasteiger partial charge in [-0.3, -0.25) is 24.0 Å². The highest BCUT2D eigenvalue weighted by Crippen LogP contribution is 2.48. The fourth-order valence-electron chi connectivity index (χ4n) is 6.83. The van der Waals surface area contributed by atoms with Crippen molar-refractivity contribution in [3.63, 3.8) is 0 Å². The number of pyridine rings is 1. The lowest BCUT2D eigenvalue weighted by molar-refractivity contribution is -0.137. The van der Waals surface area contributed by atoms with E-state index in [9.17, 15) is 27.6 Å². The Hall–Kier alpha value is -3.30. The number of amides is 3. The number of hydrogen-bond donors (Lipinski definition) is 2. The van der Waals surface area contributed by atoms with Gasteiger partial charge in [0.15, 0.2) is 0 Å². The summed E-state index contributed by atoms with van der Waals surface area (Å²) in [5.74, 6) is -0.709. The van der Waals surface area contributed by atoms with E-state index in [0.29, 0.717) is 57.1 Å². The molecule has 0 aromatic carbocycles. The van der Waals surface area contributed by atoms with Crippen LogP contribution in [0.3, 0.4) is 0 Å². The Morgan fingerprint density at radius 1 is 1.17 bits per heavy atom. The molecule has 11 nitrogen and oxygen atoms in total. The van der Waals surface area contributed by atoms with Crippen LogP contribution < -0.4 is 15.5 Å². The average Bonchev–Trinajstić information content (AvgIpc) is 3.58. The summed E-state index contributed by atoms with van der Waals surface area (Å²) in [4.78, 5) is 47.4. The Labute approximate surface area is 280 Å². The molecule has 15 heteroatoms. The molecule has 48 heavy (non-hydrogen) atoms. The van der Waals surface area contributed by atoms with E-state index in [1.54, 1.807) is 17.2 Å². The van der Waals surface area contributed by atoms with Gasteiger partial charge in [-0.2, -0.15) is 18.3 Å². The van der Waals surface area contributed by atoms with E-state index in [2.05, 4.69) is 47.3 Å². The zero-order valence-electron chi connectivity index (χ0n) is 28.2. The topological polar surface area (TPSA) is 128 Å². The lowest BCUT2D eigenvalue weighted by Crippen LogP contribution is -2.49. The summed E-state index contributed by atoms with van der Waals surface area (Å²) in [6.45, 7) is 9.93. The molecule has 2 N–H and O–H groups in total. The highest BCUT2D eigenvalue weighted by Gasteiger charge is 2.52. The molecule has 1 spiro atoms. The molecule has 0 bridgehead atoms. The maximum atomic E-state index is 13.9. The van der Waals surface area contributed by atoms with Crippen molar-refractivity contribution in [1.29, 1.82) is 0 Å². The Morgan fingerprint density at radius 2 is 1.88 bits per heavy atom. The van der Waals surface area contributed by atoms with Crippen LogP contribution in [0.4, 0.5) is 24.7 Å². The fourth-order valence-corrected chi connectivity index (χ4v) is 7.58. The normalized spacial score (nSPS) is 21.6. The smallest absolute Gasteiger partial charge is 0.381 e. The fraction of sp³-hybridized carbons (Fsp3) is 0.667. The molecule has 2 aliphatic heterocycles. The lowest BCUT2D eigenvalue weighted by Gasteiger charge is -2.32. The minimum atomic E-state index is -4.41. The van der Waals surface area contributed by atoms with Gasteiger partial charge in [0, 0.05) is 51.9 Å². The standard InChI is InChI=1S/C33H47F3N6O5Si/c1-22-5-7-23(8-6-22)28(40-29(43)25-9-13-38-42(25)14-10-33(34,35)36)30(44)39-27-19-26-24(20-37-27)32(11-15-46-16-12-32)31(45)41(26)21-47-17-18-48(2,3)4/h9,13,19-20,22-23,28H,5-8,10-12,14-18,21H2,1-4H3,(H,40,43)(H,37,39,44). The van der Waals surface area contributed by atoms with Crippen LogP contribution in [0.15, 0.2) is 24.5 Å². The summed E-state index contributed by atoms with van der Waals surface area (Å²) < 4.78 is 51.3. The van der Waals surface area contributed by atoms with Crippen molar-refractivity contribution in [3.05, 3.63) is 35.8 Å². The Kier molecular flexibility index (Phi) is 11.0. The van der Waals surface area contributed by atoms with Gasteiger partial charge in [0.2, 0.25) is 11.8 Å². The number of carbonyl (C=O) groups excluding carboxylic acids is 3. The highest BCUT2D eigenvalue weighted by molar-refractivity contribution is 6.76. The number of carbonyl (C=O) groups is 3. The van der Waals surface area contributed by atoms with Gasteiger partial charge in [-0.1, -0.05) is 39.4 Å². The molecular formula is C33H47F3N6O5Si. The summed E-state index contributed by atoms with van der Waals surface area (Å²) in [6, 6.07) is 3.02. The van der Waals surface area contributed by atoms with Crippen LogP contribution in [0.2, 0.25) is 25.7 Å². The lowest BCUT2D eigenvalue weighted by atomic mass is 9.76. The van der Waals surface area contributed by atoms with Crippen molar-refractivity contribution >= 4 is 37.3 Å². The van der Waals surface area contributed by atoms with Gasteiger partial charge >= 0.3 is 6.18 Å². The molecule has 2 aromatic rings. The van der Waals surface area contributed by atoms with Crippen molar-refractivity contribution in [3.8, 4) is 0 Å². The van der Waals surface area contributed by atoms with E-state index in [-0.39, 0.29) is 30.1 Å². The number of nitrogens with zero attached hydrogens (tertiary/aromatic N) is 4. The molecule has 3 amide bonds. The molecule has 1 saturated carbocycles.